The second-order valence-electron chi connectivity index (χ2n) is 7.24. The highest BCUT2D eigenvalue weighted by Gasteiger charge is 2.32. The van der Waals surface area contributed by atoms with Crippen LogP contribution in [0.1, 0.15) is 30.3 Å². The Balaban J connectivity index is 1.57. The second kappa shape index (κ2) is 10.0. The monoisotopic (exact) mass is 430 g/mol. The Hall–Kier alpha value is -3.49. The Labute approximate surface area is 180 Å². The van der Waals surface area contributed by atoms with Crippen molar-refractivity contribution >= 4 is 23.5 Å². The van der Waals surface area contributed by atoms with Gasteiger partial charge in [-0.15, -0.1) is 0 Å². The number of nitrogens with zero attached hydrogens (tertiary/aromatic N) is 1. The van der Waals surface area contributed by atoms with Crippen LogP contribution in [0.5, 0.6) is 11.5 Å². The van der Waals surface area contributed by atoms with Gasteiger partial charge in [-0.25, -0.2) is 0 Å². The van der Waals surface area contributed by atoms with Crippen LogP contribution in [0, 0.1) is 5.92 Å². The number of hydrogen-bond donors (Lipinski definition) is 1. The van der Waals surface area contributed by atoms with Crippen molar-refractivity contribution in [3.63, 3.8) is 0 Å². The standard InChI is InChI=1S/C22H26N2O7/c1-14(20(25)23-16-10-17(28-2)12-18(11-16)29-3)31-22(27)15-6-4-8-24(13-15)21(26)19-7-5-9-30-19/h5,7,9-12,14-15H,4,6,8,13H2,1-3H3,(H,23,25)/t14-,15+/m0/s1. The first-order valence-corrected chi connectivity index (χ1v) is 9.98. The predicted molar refractivity (Wildman–Crippen MR) is 111 cm³/mol. The zero-order valence-electron chi connectivity index (χ0n) is 17.8. The van der Waals surface area contributed by atoms with Gasteiger partial charge >= 0.3 is 5.97 Å². The summed E-state index contributed by atoms with van der Waals surface area (Å²) in [5, 5.41) is 2.69. The fourth-order valence-corrected chi connectivity index (χ4v) is 3.36. The number of rotatable bonds is 7. The van der Waals surface area contributed by atoms with E-state index in [9.17, 15) is 14.4 Å². The fourth-order valence-electron chi connectivity index (χ4n) is 3.36. The molecule has 1 saturated heterocycles. The first-order valence-electron chi connectivity index (χ1n) is 9.98. The molecule has 0 saturated carbocycles. The van der Waals surface area contributed by atoms with Crippen LogP contribution in [-0.4, -0.2) is 56.1 Å². The first-order chi connectivity index (χ1) is 14.9. The molecule has 0 bridgehead atoms. The number of carbonyl (C=O) groups is 3. The van der Waals surface area contributed by atoms with Gasteiger partial charge < -0.3 is 28.8 Å². The zero-order chi connectivity index (χ0) is 22.4. The Morgan fingerprint density at radius 3 is 2.48 bits per heavy atom. The van der Waals surface area contributed by atoms with Crippen molar-refractivity contribution < 1.29 is 33.0 Å². The molecule has 1 aromatic heterocycles. The molecule has 166 valence electrons. The van der Waals surface area contributed by atoms with Gasteiger partial charge in [0.2, 0.25) is 0 Å². The molecular weight excluding hydrogens is 404 g/mol. The average molecular weight is 430 g/mol. The number of piperidine rings is 1. The van der Waals surface area contributed by atoms with Gasteiger partial charge in [0.15, 0.2) is 11.9 Å². The van der Waals surface area contributed by atoms with Gasteiger partial charge in [0, 0.05) is 37.0 Å². The van der Waals surface area contributed by atoms with Crippen molar-refractivity contribution in [2.75, 3.05) is 32.6 Å². The lowest BCUT2D eigenvalue weighted by molar-refractivity contribution is -0.158. The van der Waals surface area contributed by atoms with E-state index in [4.69, 9.17) is 18.6 Å². The molecule has 0 aliphatic carbocycles. The van der Waals surface area contributed by atoms with E-state index in [2.05, 4.69) is 5.32 Å². The third kappa shape index (κ3) is 5.56. The zero-order valence-corrected chi connectivity index (χ0v) is 17.8. The normalized spacial score (nSPS) is 16.9. The molecule has 0 radical (unpaired) electrons. The minimum absolute atomic E-state index is 0.222. The van der Waals surface area contributed by atoms with Crippen molar-refractivity contribution in [2.45, 2.75) is 25.9 Å². The van der Waals surface area contributed by atoms with Gasteiger partial charge in [0.1, 0.15) is 11.5 Å². The van der Waals surface area contributed by atoms with Crippen molar-refractivity contribution in [3.05, 3.63) is 42.4 Å². The fraction of sp³-hybridized carbons (Fsp3) is 0.409. The summed E-state index contributed by atoms with van der Waals surface area (Å²) in [5.41, 5.74) is 0.456. The summed E-state index contributed by atoms with van der Waals surface area (Å²) in [6.07, 6.45) is 1.67. The van der Waals surface area contributed by atoms with Gasteiger partial charge in [0.05, 0.1) is 26.4 Å². The van der Waals surface area contributed by atoms with E-state index >= 15 is 0 Å². The smallest absolute Gasteiger partial charge is 0.311 e. The molecule has 2 heterocycles. The average Bonchev–Trinajstić information content (AvgIpc) is 3.33. The van der Waals surface area contributed by atoms with Crippen LogP contribution in [0.3, 0.4) is 0 Å². The maximum absolute atomic E-state index is 12.6. The number of benzene rings is 1. The summed E-state index contributed by atoms with van der Waals surface area (Å²) in [5.74, 6) is -0.494. The van der Waals surface area contributed by atoms with Gasteiger partial charge in [-0.3, -0.25) is 14.4 Å². The maximum Gasteiger partial charge on any atom is 0.311 e. The Kier molecular flexibility index (Phi) is 7.17. The van der Waals surface area contributed by atoms with Crippen LogP contribution in [0.4, 0.5) is 5.69 Å². The van der Waals surface area contributed by atoms with Crippen molar-refractivity contribution in [1.29, 1.82) is 0 Å². The number of methoxy groups -OCH3 is 2. The van der Waals surface area contributed by atoms with Crippen LogP contribution in [0.15, 0.2) is 41.0 Å². The van der Waals surface area contributed by atoms with Crippen LogP contribution in [-0.2, 0) is 14.3 Å². The molecule has 1 fully saturated rings. The highest BCUT2D eigenvalue weighted by molar-refractivity contribution is 5.95. The molecule has 0 spiro atoms. The number of anilines is 1. The molecule has 1 N–H and O–H groups in total. The van der Waals surface area contributed by atoms with Gasteiger partial charge in [-0.2, -0.15) is 0 Å². The molecule has 1 aliphatic rings. The Bertz CT molecular complexity index is 904. The van der Waals surface area contributed by atoms with Crippen LogP contribution >= 0.6 is 0 Å². The summed E-state index contributed by atoms with van der Waals surface area (Å²) < 4.78 is 20.9. The van der Waals surface area contributed by atoms with E-state index in [1.807, 2.05) is 0 Å². The molecule has 31 heavy (non-hydrogen) atoms. The number of carbonyl (C=O) groups excluding carboxylic acids is 3. The predicted octanol–water partition coefficient (Wildman–Crippen LogP) is 2.72. The van der Waals surface area contributed by atoms with Gasteiger partial charge in [-0.05, 0) is 31.9 Å². The maximum atomic E-state index is 12.6. The highest BCUT2D eigenvalue weighted by Crippen LogP contribution is 2.26. The molecule has 2 amide bonds. The quantitative estimate of drug-likeness (QED) is 0.673. The number of nitrogens with one attached hydrogen (secondary N) is 1. The number of furan rings is 1. The molecule has 9 heteroatoms. The van der Waals surface area contributed by atoms with Crippen molar-refractivity contribution in [1.82, 2.24) is 4.90 Å². The summed E-state index contributed by atoms with van der Waals surface area (Å²) in [4.78, 5) is 39.2. The first kappa shape index (κ1) is 22.2. The van der Waals surface area contributed by atoms with E-state index in [0.717, 1.165) is 0 Å². The number of esters is 1. The topological polar surface area (TPSA) is 107 Å². The third-order valence-corrected chi connectivity index (χ3v) is 5.06. The molecular formula is C22H26N2O7. The number of amides is 2. The lowest BCUT2D eigenvalue weighted by Crippen LogP contribution is -2.44. The minimum Gasteiger partial charge on any atom is -0.497 e. The lowest BCUT2D eigenvalue weighted by Gasteiger charge is -2.31. The van der Waals surface area contributed by atoms with Crippen molar-refractivity contribution in [2.24, 2.45) is 5.92 Å². The van der Waals surface area contributed by atoms with E-state index in [0.29, 0.717) is 36.6 Å². The third-order valence-electron chi connectivity index (χ3n) is 5.06. The Morgan fingerprint density at radius 1 is 1.16 bits per heavy atom. The van der Waals surface area contributed by atoms with Crippen LogP contribution < -0.4 is 14.8 Å². The summed E-state index contributed by atoms with van der Waals surface area (Å²) in [6.45, 7) is 2.26. The van der Waals surface area contributed by atoms with E-state index in [1.165, 1.54) is 27.4 Å². The minimum atomic E-state index is -1.01. The molecule has 2 aromatic rings. The molecule has 1 aliphatic heterocycles. The number of ether oxygens (including phenoxy) is 3. The van der Waals surface area contributed by atoms with Gasteiger partial charge in [-0.1, -0.05) is 0 Å². The summed E-state index contributed by atoms with van der Waals surface area (Å²) in [6, 6.07) is 8.17. The summed E-state index contributed by atoms with van der Waals surface area (Å²) >= 11 is 0. The molecule has 2 atom stereocenters. The van der Waals surface area contributed by atoms with E-state index in [-0.39, 0.29) is 18.2 Å². The SMILES string of the molecule is COc1cc(NC(=O)[C@H](C)OC(=O)[C@@H]2CCCN(C(=O)c3ccco3)C2)cc(OC)c1. The number of hydrogen-bond acceptors (Lipinski definition) is 7. The van der Waals surface area contributed by atoms with Crippen LogP contribution in [0.2, 0.25) is 0 Å². The second-order valence-corrected chi connectivity index (χ2v) is 7.24. The summed E-state index contributed by atoms with van der Waals surface area (Å²) in [7, 11) is 3.02. The Morgan fingerprint density at radius 2 is 1.87 bits per heavy atom. The molecule has 1 aromatic carbocycles. The largest absolute Gasteiger partial charge is 0.497 e. The highest BCUT2D eigenvalue weighted by atomic mass is 16.5. The molecule has 9 nitrogen and oxygen atoms in total. The van der Waals surface area contributed by atoms with Crippen LogP contribution in [0.25, 0.3) is 0 Å². The number of likely N-dealkylation sites (tertiary alicyclic amines) is 1. The lowest BCUT2D eigenvalue weighted by atomic mass is 9.98. The van der Waals surface area contributed by atoms with E-state index in [1.54, 1.807) is 35.2 Å². The molecule has 0 unspecified atom stereocenters. The van der Waals surface area contributed by atoms with E-state index < -0.39 is 23.9 Å². The van der Waals surface area contributed by atoms with Crippen molar-refractivity contribution in [3.8, 4) is 11.5 Å². The molecule has 3 rings (SSSR count). The van der Waals surface area contributed by atoms with Gasteiger partial charge in [0.25, 0.3) is 11.8 Å².